The van der Waals surface area contributed by atoms with Crippen LogP contribution in [0.5, 0.6) is 0 Å². The Labute approximate surface area is 115 Å². The van der Waals surface area contributed by atoms with Crippen LogP contribution in [0.15, 0.2) is 10.7 Å². The number of halogens is 1. The molecule has 1 fully saturated rings. The summed E-state index contributed by atoms with van der Waals surface area (Å²) in [7, 11) is 0. The van der Waals surface area contributed by atoms with E-state index >= 15 is 0 Å². The first kappa shape index (κ1) is 13.5. The zero-order valence-electron chi connectivity index (χ0n) is 10.5. The van der Waals surface area contributed by atoms with Crippen LogP contribution in [-0.2, 0) is 0 Å². The zero-order valence-corrected chi connectivity index (χ0v) is 12.1. The van der Waals surface area contributed by atoms with Gasteiger partial charge in [0.25, 0.3) is 0 Å². The highest BCUT2D eigenvalue weighted by molar-refractivity contribution is 9.10. The number of anilines is 2. The molecule has 1 aromatic rings. The van der Waals surface area contributed by atoms with E-state index in [1.54, 1.807) is 6.07 Å². The van der Waals surface area contributed by atoms with Crippen molar-refractivity contribution in [3.63, 3.8) is 0 Å². The van der Waals surface area contributed by atoms with Crippen molar-refractivity contribution in [2.75, 3.05) is 17.7 Å². The fraction of sp³-hybridized carbons (Fsp3) is 0.667. The molecule has 100 valence electrons. The van der Waals surface area contributed by atoms with Crippen LogP contribution >= 0.6 is 15.9 Å². The van der Waals surface area contributed by atoms with Crippen molar-refractivity contribution >= 4 is 27.7 Å². The lowest BCUT2D eigenvalue weighted by atomic mass is 9.77. The third-order valence-electron chi connectivity index (χ3n) is 3.63. The van der Waals surface area contributed by atoms with Gasteiger partial charge in [0.1, 0.15) is 10.4 Å². The summed E-state index contributed by atoms with van der Waals surface area (Å²) < 4.78 is 0.648. The number of nitrogens with one attached hydrogen (secondary N) is 1. The van der Waals surface area contributed by atoms with E-state index in [0.717, 1.165) is 31.6 Å². The van der Waals surface area contributed by atoms with Gasteiger partial charge in [0.15, 0.2) is 0 Å². The molecule has 0 radical (unpaired) electrons. The Morgan fingerprint density at radius 1 is 1.50 bits per heavy atom. The summed E-state index contributed by atoms with van der Waals surface area (Å²) in [5.41, 5.74) is 5.38. The second-order valence-corrected chi connectivity index (χ2v) is 6.00. The van der Waals surface area contributed by atoms with Crippen LogP contribution in [0.25, 0.3) is 0 Å². The van der Waals surface area contributed by atoms with Gasteiger partial charge < -0.3 is 16.2 Å². The van der Waals surface area contributed by atoms with E-state index in [9.17, 15) is 5.11 Å². The van der Waals surface area contributed by atoms with Gasteiger partial charge in [-0.05, 0) is 47.5 Å². The largest absolute Gasteiger partial charge is 0.394 e. The van der Waals surface area contributed by atoms with E-state index in [1.165, 1.54) is 0 Å². The van der Waals surface area contributed by atoms with E-state index < -0.39 is 0 Å². The predicted molar refractivity (Wildman–Crippen MR) is 75.2 cm³/mol. The number of rotatable bonds is 3. The van der Waals surface area contributed by atoms with Gasteiger partial charge in [0, 0.05) is 6.07 Å². The van der Waals surface area contributed by atoms with Gasteiger partial charge in [0.2, 0.25) is 5.95 Å². The third-order valence-corrected chi connectivity index (χ3v) is 4.03. The summed E-state index contributed by atoms with van der Waals surface area (Å²) in [6, 6.07) is 1.65. The molecule has 1 saturated carbocycles. The summed E-state index contributed by atoms with van der Waals surface area (Å²) in [6.07, 6.45) is 4.08. The molecule has 4 N–H and O–H groups in total. The molecule has 2 rings (SSSR count). The Hall–Kier alpha value is -0.880. The van der Waals surface area contributed by atoms with Crippen LogP contribution in [0.2, 0.25) is 0 Å². The summed E-state index contributed by atoms with van der Waals surface area (Å²) in [6.45, 7) is 2.34. The Kier molecular flexibility index (Phi) is 4.07. The molecule has 0 aromatic carbocycles. The third kappa shape index (κ3) is 3.11. The molecule has 1 heterocycles. The number of nitrogen functional groups attached to an aromatic ring is 1. The van der Waals surface area contributed by atoms with E-state index in [1.807, 2.05) is 0 Å². The molecule has 0 bridgehead atoms. The second-order valence-electron chi connectivity index (χ2n) is 5.19. The summed E-state index contributed by atoms with van der Waals surface area (Å²) in [5, 5.41) is 12.9. The molecule has 6 heteroatoms. The maximum Gasteiger partial charge on any atom is 0.226 e. The van der Waals surface area contributed by atoms with Gasteiger partial charge in [0.05, 0.1) is 12.1 Å². The van der Waals surface area contributed by atoms with E-state index in [-0.39, 0.29) is 12.1 Å². The first-order valence-electron chi connectivity index (χ1n) is 6.22. The van der Waals surface area contributed by atoms with Crippen LogP contribution in [-0.4, -0.2) is 27.2 Å². The minimum absolute atomic E-state index is 0.0928. The minimum Gasteiger partial charge on any atom is -0.394 e. The van der Waals surface area contributed by atoms with Gasteiger partial charge in [-0.1, -0.05) is 6.92 Å². The Balaban J connectivity index is 2.14. The number of nitrogens with zero attached hydrogens (tertiary/aromatic N) is 2. The highest BCUT2D eigenvalue weighted by atomic mass is 79.9. The number of hydrogen-bond donors (Lipinski definition) is 3. The number of hydrogen-bond acceptors (Lipinski definition) is 5. The number of nitrogens with two attached hydrogens (primary N) is 1. The van der Waals surface area contributed by atoms with Crippen LogP contribution < -0.4 is 11.1 Å². The molecule has 0 amide bonds. The molecular formula is C12H19BrN4O. The molecule has 18 heavy (non-hydrogen) atoms. The monoisotopic (exact) mass is 314 g/mol. The maximum absolute atomic E-state index is 9.67. The highest BCUT2D eigenvalue weighted by Crippen LogP contribution is 2.33. The SMILES string of the molecule is CC1CCC(CO)(Nc2nc(N)cc(Br)n2)CC1. The first-order chi connectivity index (χ1) is 8.53. The first-order valence-corrected chi connectivity index (χ1v) is 7.01. The summed E-state index contributed by atoms with van der Waals surface area (Å²) in [4.78, 5) is 8.40. The average Bonchev–Trinajstić information content (AvgIpc) is 2.31. The standard InChI is InChI=1S/C12H19BrN4O/c1-8-2-4-12(7-18,5-3-8)17-11-15-9(13)6-10(14)16-11/h6,8,18H,2-5,7H2,1H3,(H3,14,15,16,17). The molecule has 1 aliphatic rings. The predicted octanol–water partition coefficient (Wildman–Crippen LogP) is 2.17. The quantitative estimate of drug-likeness (QED) is 0.745. The summed E-state index contributed by atoms with van der Waals surface area (Å²) >= 11 is 3.29. The smallest absolute Gasteiger partial charge is 0.226 e. The van der Waals surface area contributed by atoms with Crippen LogP contribution in [0.1, 0.15) is 32.6 Å². The molecule has 0 saturated heterocycles. The lowest BCUT2D eigenvalue weighted by Crippen LogP contribution is -2.45. The minimum atomic E-state index is -0.306. The number of aromatic nitrogens is 2. The topological polar surface area (TPSA) is 84.1 Å². The molecule has 0 aliphatic heterocycles. The summed E-state index contributed by atoms with van der Waals surface area (Å²) in [5.74, 6) is 1.61. The molecule has 5 nitrogen and oxygen atoms in total. The van der Waals surface area contributed by atoms with Crippen molar-refractivity contribution in [3.05, 3.63) is 10.7 Å². The van der Waals surface area contributed by atoms with Crippen molar-refractivity contribution in [1.82, 2.24) is 9.97 Å². The highest BCUT2D eigenvalue weighted by Gasteiger charge is 2.34. The Bertz CT molecular complexity index is 398. The maximum atomic E-state index is 9.67. The van der Waals surface area contributed by atoms with Crippen molar-refractivity contribution in [3.8, 4) is 0 Å². The Morgan fingerprint density at radius 2 is 2.17 bits per heavy atom. The molecule has 0 atom stereocenters. The normalized spacial score (nSPS) is 28.1. The second kappa shape index (κ2) is 5.40. The van der Waals surface area contributed by atoms with Crippen LogP contribution in [0, 0.1) is 5.92 Å². The zero-order chi connectivity index (χ0) is 13.2. The van der Waals surface area contributed by atoms with Crippen molar-refractivity contribution in [1.29, 1.82) is 0 Å². The fourth-order valence-electron chi connectivity index (χ4n) is 2.37. The van der Waals surface area contributed by atoms with E-state index in [2.05, 4.69) is 38.1 Å². The van der Waals surface area contributed by atoms with Gasteiger partial charge in [-0.25, -0.2) is 4.98 Å². The van der Waals surface area contributed by atoms with Crippen molar-refractivity contribution < 1.29 is 5.11 Å². The number of aliphatic hydroxyl groups is 1. The lowest BCUT2D eigenvalue weighted by Gasteiger charge is -2.38. The van der Waals surface area contributed by atoms with Crippen molar-refractivity contribution in [2.45, 2.75) is 38.1 Å². The van der Waals surface area contributed by atoms with Crippen molar-refractivity contribution in [2.24, 2.45) is 5.92 Å². The van der Waals surface area contributed by atoms with Gasteiger partial charge >= 0.3 is 0 Å². The molecular weight excluding hydrogens is 296 g/mol. The average molecular weight is 315 g/mol. The molecule has 0 spiro atoms. The molecule has 0 unspecified atom stereocenters. The van der Waals surface area contributed by atoms with Crippen LogP contribution in [0.4, 0.5) is 11.8 Å². The van der Waals surface area contributed by atoms with Gasteiger partial charge in [-0.2, -0.15) is 4.98 Å². The van der Waals surface area contributed by atoms with E-state index in [4.69, 9.17) is 5.73 Å². The Morgan fingerprint density at radius 3 is 2.72 bits per heavy atom. The fourth-order valence-corrected chi connectivity index (χ4v) is 2.77. The van der Waals surface area contributed by atoms with Crippen LogP contribution in [0.3, 0.4) is 0 Å². The number of aliphatic hydroxyl groups excluding tert-OH is 1. The van der Waals surface area contributed by atoms with Gasteiger partial charge in [-0.3, -0.25) is 0 Å². The molecule has 1 aliphatic carbocycles. The lowest BCUT2D eigenvalue weighted by molar-refractivity contribution is 0.154. The van der Waals surface area contributed by atoms with E-state index in [0.29, 0.717) is 16.4 Å². The van der Waals surface area contributed by atoms with Gasteiger partial charge in [-0.15, -0.1) is 0 Å². The molecule has 1 aromatic heterocycles.